The highest BCUT2D eigenvalue weighted by atomic mass is 127. The summed E-state index contributed by atoms with van der Waals surface area (Å²) in [7, 11) is 1.50. The van der Waals surface area contributed by atoms with E-state index in [4.69, 9.17) is 16.3 Å². The summed E-state index contributed by atoms with van der Waals surface area (Å²) >= 11 is 8.37. The van der Waals surface area contributed by atoms with Crippen molar-refractivity contribution in [1.82, 2.24) is 0 Å². The zero-order valence-electron chi connectivity index (χ0n) is 9.96. The van der Waals surface area contributed by atoms with Crippen LogP contribution in [0.25, 0.3) is 0 Å². The number of ether oxygens (including phenoxy) is 1. The molecule has 1 nitrogen and oxygen atoms in total. The van der Waals surface area contributed by atoms with Crippen molar-refractivity contribution in [3.63, 3.8) is 0 Å². The van der Waals surface area contributed by atoms with Gasteiger partial charge in [0.1, 0.15) is 17.4 Å². The SMILES string of the molecule is COc1ccc(F)cc1C(Cl)c1ccc(F)cc1I. The Hall–Kier alpha value is -0.880. The first-order chi connectivity index (χ1) is 9.02. The smallest absolute Gasteiger partial charge is 0.124 e. The summed E-state index contributed by atoms with van der Waals surface area (Å²) < 4.78 is 32.3. The number of hydrogen-bond donors (Lipinski definition) is 0. The van der Waals surface area contributed by atoms with E-state index in [9.17, 15) is 8.78 Å². The summed E-state index contributed by atoms with van der Waals surface area (Å²) in [4.78, 5) is 0. The number of methoxy groups -OCH3 is 1. The average Bonchev–Trinajstić information content (AvgIpc) is 2.38. The van der Waals surface area contributed by atoms with Crippen molar-refractivity contribution in [1.29, 1.82) is 0 Å². The number of rotatable bonds is 3. The Morgan fingerprint density at radius 2 is 1.68 bits per heavy atom. The maximum absolute atomic E-state index is 13.3. The van der Waals surface area contributed by atoms with Gasteiger partial charge in [0.2, 0.25) is 0 Å². The topological polar surface area (TPSA) is 9.23 Å². The van der Waals surface area contributed by atoms with Gasteiger partial charge in [-0.15, -0.1) is 11.6 Å². The van der Waals surface area contributed by atoms with Crippen LogP contribution in [0.1, 0.15) is 16.5 Å². The van der Waals surface area contributed by atoms with Gasteiger partial charge in [-0.25, -0.2) is 8.78 Å². The molecule has 2 aromatic rings. The van der Waals surface area contributed by atoms with Crippen molar-refractivity contribution in [2.75, 3.05) is 7.11 Å². The first-order valence-electron chi connectivity index (χ1n) is 5.45. The summed E-state index contributed by atoms with van der Waals surface area (Å²) in [5, 5.41) is -0.599. The van der Waals surface area contributed by atoms with Gasteiger partial charge in [0, 0.05) is 9.13 Å². The molecule has 0 saturated carbocycles. The average molecular weight is 395 g/mol. The number of halogens is 4. The van der Waals surface area contributed by atoms with Gasteiger partial charge in [0.05, 0.1) is 12.5 Å². The van der Waals surface area contributed by atoms with E-state index >= 15 is 0 Å². The molecule has 0 aromatic heterocycles. The second-order valence-corrected chi connectivity index (χ2v) is 5.51. The standard InChI is InChI=1S/C14H10ClF2IO/c1-19-13-5-3-8(16)6-11(13)14(15)10-4-2-9(17)7-12(10)18/h2-7,14H,1H3. The number of alkyl halides is 1. The lowest BCUT2D eigenvalue weighted by molar-refractivity contribution is 0.409. The van der Waals surface area contributed by atoms with Gasteiger partial charge < -0.3 is 4.74 Å². The molecule has 100 valence electrons. The molecule has 1 unspecified atom stereocenters. The molecule has 0 spiro atoms. The van der Waals surface area contributed by atoms with Crippen molar-refractivity contribution < 1.29 is 13.5 Å². The lowest BCUT2D eigenvalue weighted by Gasteiger charge is -2.16. The Kier molecular flexibility index (Phi) is 4.62. The van der Waals surface area contributed by atoms with Crippen LogP contribution in [0, 0.1) is 15.2 Å². The first-order valence-corrected chi connectivity index (χ1v) is 6.97. The lowest BCUT2D eigenvalue weighted by Crippen LogP contribution is -2.00. The van der Waals surface area contributed by atoms with E-state index in [1.807, 2.05) is 22.6 Å². The van der Waals surface area contributed by atoms with Crippen molar-refractivity contribution >= 4 is 34.2 Å². The third-order valence-corrected chi connectivity index (χ3v) is 4.10. The Labute approximate surface area is 128 Å². The van der Waals surface area contributed by atoms with Crippen LogP contribution in [-0.4, -0.2) is 7.11 Å². The van der Waals surface area contributed by atoms with Crippen LogP contribution < -0.4 is 4.74 Å². The Balaban J connectivity index is 2.49. The molecule has 1 atom stereocenters. The zero-order valence-corrected chi connectivity index (χ0v) is 12.9. The molecule has 19 heavy (non-hydrogen) atoms. The fourth-order valence-electron chi connectivity index (χ4n) is 1.78. The second kappa shape index (κ2) is 6.05. The molecular formula is C14H10ClF2IO. The molecule has 2 rings (SSSR count). The molecule has 0 heterocycles. The van der Waals surface area contributed by atoms with Gasteiger partial charge in [0.25, 0.3) is 0 Å². The molecule has 0 fully saturated rings. The van der Waals surface area contributed by atoms with E-state index in [1.165, 1.54) is 37.4 Å². The highest BCUT2D eigenvalue weighted by molar-refractivity contribution is 14.1. The summed E-state index contributed by atoms with van der Waals surface area (Å²) in [6.45, 7) is 0. The van der Waals surface area contributed by atoms with Crippen LogP contribution in [0.15, 0.2) is 36.4 Å². The van der Waals surface area contributed by atoms with Crippen molar-refractivity contribution in [3.8, 4) is 5.75 Å². The monoisotopic (exact) mass is 394 g/mol. The maximum Gasteiger partial charge on any atom is 0.124 e. The van der Waals surface area contributed by atoms with E-state index in [0.717, 1.165) is 0 Å². The van der Waals surface area contributed by atoms with Crippen LogP contribution in [0.5, 0.6) is 5.75 Å². The summed E-state index contributed by atoms with van der Waals surface area (Å²) in [5.41, 5.74) is 1.24. The molecule has 0 radical (unpaired) electrons. The van der Waals surface area contributed by atoms with Gasteiger partial charge in [-0.3, -0.25) is 0 Å². The van der Waals surface area contributed by atoms with E-state index in [0.29, 0.717) is 20.4 Å². The Bertz CT molecular complexity index is 604. The van der Waals surface area contributed by atoms with Crippen LogP contribution in [0.2, 0.25) is 0 Å². The molecular weight excluding hydrogens is 385 g/mol. The molecule has 5 heteroatoms. The quantitative estimate of drug-likeness (QED) is 0.531. The minimum Gasteiger partial charge on any atom is -0.496 e. The van der Waals surface area contributed by atoms with Gasteiger partial charge >= 0.3 is 0 Å². The highest BCUT2D eigenvalue weighted by Crippen LogP contribution is 2.37. The van der Waals surface area contributed by atoms with Crippen LogP contribution in [-0.2, 0) is 0 Å². The molecule has 0 saturated heterocycles. The highest BCUT2D eigenvalue weighted by Gasteiger charge is 2.19. The molecule has 0 bridgehead atoms. The summed E-state index contributed by atoms with van der Waals surface area (Å²) in [6, 6.07) is 8.47. The molecule has 0 amide bonds. The summed E-state index contributed by atoms with van der Waals surface area (Å²) in [5.74, 6) is -0.219. The fraction of sp³-hybridized carbons (Fsp3) is 0.143. The summed E-state index contributed by atoms with van der Waals surface area (Å²) in [6.07, 6.45) is 0. The van der Waals surface area contributed by atoms with Crippen LogP contribution in [0.4, 0.5) is 8.78 Å². The second-order valence-electron chi connectivity index (χ2n) is 3.91. The Morgan fingerprint density at radius 3 is 2.32 bits per heavy atom. The third kappa shape index (κ3) is 3.17. The molecule has 0 aliphatic heterocycles. The minimum absolute atomic E-state index is 0.330. The van der Waals surface area contributed by atoms with Crippen LogP contribution in [0.3, 0.4) is 0 Å². The predicted molar refractivity (Wildman–Crippen MR) is 79.8 cm³/mol. The van der Waals surface area contributed by atoms with Crippen molar-refractivity contribution in [3.05, 3.63) is 62.7 Å². The zero-order chi connectivity index (χ0) is 14.0. The fourth-order valence-corrected chi connectivity index (χ4v) is 3.11. The van der Waals surface area contributed by atoms with Gasteiger partial charge in [-0.05, 0) is 58.5 Å². The Morgan fingerprint density at radius 1 is 1.05 bits per heavy atom. The van der Waals surface area contributed by atoms with E-state index < -0.39 is 11.2 Å². The van der Waals surface area contributed by atoms with Crippen molar-refractivity contribution in [2.45, 2.75) is 5.38 Å². The molecule has 2 aromatic carbocycles. The van der Waals surface area contributed by atoms with Crippen LogP contribution >= 0.6 is 34.2 Å². The van der Waals surface area contributed by atoms with E-state index in [1.54, 1.807) is 6.07 Å². The molecule has 0 aliphatic rings. The third-order valence-electron chi connectivity index (χ3n) is 2.70. The largest absolute Gasteiger partial charge is 0.496 e. The first kappa shape index (κ1) is 14.5. The maximum atomic E-state index is 13.3. The molecule has 0 aliphatic carbocycles. The van der Waals surface area contributed by atoms with Gasteiger partial charge in [0.15, 0.2) is 0 Å². The van der Waals surface area contributed by atoms with Gasteiger partial charge in [-0.1, -0.05) is 6.07 Å². The molecule has 0 N–H and O–H groups in total. The van der Waals surface area contributed by atoms with E-state index in [-0.39, 0.29) is 5.82 Å². The number of benzene rings is 2. The predicted octanol–water partition coefficient (Wildman–Crippen LogP) is 4.91. The van der Waals surface area contributed by atoms with Gasteiger partial charge in [-0.2, -0.15) is 0 Å². The minimum atomic E-state index is -0.599. The van der Waals surface area contributed by atoms with Crippen molar-refractivity contribution in [2.24, 2.45) is 0 Å². The number of hydrogen-bond acceptors (Lipinski definition) is 1. The van der Waals surface area contributed by atoms with E-state index in [2.05, 4.69) is 0 Å². The normalized spacial score (nSPS) is 12.3. The lowest BCUT2D eigenvalue weighted by atomic mass is 10.0.